The molecule has 0 bridgehead atoms. The summed E-state index contributed by atoms with van der Waals surface area (Å²) < 4.78 is 5.03. The van der Waals surface area contributed by atoms with Crippen LogP contribution in [0, 0.1) is 5.92 Å². The fraction of sp³-hybridized carbons (Fsp3) is 0.667. The standard InChI is InChI=1S/C12H22N4O/c1-9(2)6-4-5-7-14-11-10(13)12(17-3)16-8-15-11/h8-9H,4-7,13H2,1-3H3,(H,14,15,16). The molecule has 0 aromatic carbocycles. The number of nitrogens with one attached hydrogen (secondary N) is 1. The van der Waals surface area contributed by atoms with E-state index in [2.05, 4.69) is 29.1 Å². The molecule has 0 saturated heterocycles. The molecule has 17 heavy (non-hydrogen) atoms. The Balaban J connectivity index is 2.36. The third kappa shape index (κ3) is 4.46. The predicted octanol–water partition coefficient (Wildman–Crippen LogP) is 2.31. The Bertz CT molecular complexity index is 341. The van der Waals surface area contributed by atoms with E-state index in [1.807, 2.05) is 0 Å². The first-order valence-electron chi connectivity index (χ1n) is 6.03. The van der Waals surface area contributed by atoms with Gasteiger partial charge in [-0.05, 0) is 12.3 Å². The molecule has 1 aromatic heterocycles. The lowest BCUT2D eigenvalue weighted by Gasteiger charge is -2.10. The van der Waals surface area contributed by atoms with Crippen LogP contribution in [0.1, 0.15) is 33.1 Å². The summed E-state index contributed by atoms with van der Waals surface area (Å²) in [5.41, 5.74) is 6.32. The minimum atomic E-state index is 0.421. The van der Waals surface area contributed by atoms with Gasteiger partial charge in [0, 0.05) is 6.54 Å². The number of rotatable bonds is 7. The summed E-state index contributed by atoms with van der Waals surface area (Å²) in [6, 6.07) is 0. The van der Waals surface area contributed by atoms with E-state index < -0.39 is 0 Å². The molecule has 0 aliphatic heterocycles. The topological polar surface area (TPSA) is 73.1 Å². The lowest BCUT2D eigenvalue weighted by molar-refractivity contribution is 0.399. The third-order valence-corrected chi connectivity index (χ3v) is 2.54. The second-order valence-electron chi connectivity index (χ2n) is 4.46. The number of anilines is 2. The van der Waals surface area contributed by atoms with Crippen molar-refractivity contribution in [3.63, 3.8) is 0 Å². The van der Waals surface area contributed by atoms with E-state index in [1.165, 1.54) is 19.2 Å². The molecule has 0 aliphatic carbocycles. The van der Waals surface area contributed by atoms with Crippen molar-refractivity contribution in [3.8, 4) is 5.88 Å². The number of hydrogen-bond acceptors (Lipinski definition) is 5. The quantitative estimate of drug-likeness (QED) is 0.713. The van der Waals surface area contributed by atoms with Gasteiger partial charge in [0.15, 0.2) is 5.82 Å². The van der Waals surface area contributed by atoms with Gasteiger partial charge in [-0.1, -0.05) is 26.7 Å². The van der Waals surface area contributed by atoms with Crippen molar-refractivity contribution < 1.29 is 4.74 Å². The van der Waals surface area contributed by atoms with E-state index in [4.69, 9.17) is 10.5 Å². The van der Waals surface area contributed by atoms with E-state index in [0.29, 0.717) is 17.4 Å². The highest BCUT2D eigenvalue weighted by Crippen LogP contribution is 2.23. The summed E-state index contributed by atoms with van der Waals surface area (Å²) in [5.74, 6) is 1.84. The number of ether oxygens (including phenoxy) is 1. The Kier molecular flexibility index (Phi) is 5.52. The Labute approximate surface area is 103 Å². The van der Waals surface area contributed by atoms with Crippen molar-refractivity contribution in [1.82, 2.24) is 9.97 Å². The molecule has 0 saturated carbocycles. The van der Waals surface area contributed by atoms with Crippen molar-refractivity contribution >= 4 is 11.5 Å². The summed E-state index contributed by atoms with van der Waals surface area (Å²) in [6.07, 6.45) is 5.03. The smallest absolute Gasteiger partial charge is 0.242 e. The third-order valence-electron chi connectivity index (χ3n) is 2.54. The monoisotopic (exact) mass is 238 g/mol. The number of nitrogens with zero attached hydrogens (tertiary/aromatic N) is 2. The first-order chi connectivity index (χ1) is 8.15. The Morgan fingerprint density at radius 2 is 2.12 bits per heavy atom. The van der Waals surface area contributed by atoms with E-state index in [-0.39, 0.29) is 0 Å². The SMILES string of the molecule is COc1ncnc(NCCCCC(C)C)c1N. The molecule has 5 nitrogen and oxygen atoms in total. The molecule has 0 aliphatic rings. The largest absolute Gasteiger partial charge is 0.479 e. The van der Waals surface area contributed by atoms with Crippen molar-refractivity contribution in [3.05, 3.63) is 6.33 Å². The summed E-state index contributed by atoms with van der Waals surface area (Å²) >= 11 is 0. The van der Waals surface area contributed by atoms with E-state index >= 15 is 0 Å². The lowest BCUT2D eigenvalue weighted by Crippen LogP contribution is -2.08. The van der Waals surface area contributed by atoms with Crippen LogP contribution in [0.4, 0.5) is 11.5 Å². The molecule has 1 rings (SSSR count). The van der Waals surface area contributed by atoms with Crippen LogP contribution < -0.4 is 15.8 Å². The molecular weight excluding hydrogens is 216 g/mol. The number of nitrogen functional groups attached to an aromatic ring is 1. The van der Waals surface area contributed by atoms with Gasteiger partial charge in [-0.3, -0.25) is 0 Å². The van der Waals surface area contributed by atoms with Gasteiger partial charge >= 0.3 is 0 Å². The zero-order valence-electron chi connectivity index (χ0n) is 10.9. The van der Waals surface area contributed by atoms with Crippen LogP contribution in [-0.2, 0) is 0 Å². The molecule has 0 unspecified atom stereocenters. The first kappa shape index (κ1) is 13.5. The van der Waals surface area contributed by atoms with Crippen LogP contribution >= 0.6 is 0 Å². The van der Waals surface area contributed by atoms with E-state index in [0.717, 1.165) is 18.9 Å². The van der Waals surface area contributed by atoms with Crippen LogP contribution in [0.2, 0.25) is 0 Å². The Morgan fingerprint density at radius 1 is 1.35 bits per heavy atom. The lowest BCUT2D eigenvalue weighted by atomic mass is 10.1. The molecule has 0 atom stereocenters. The molecule has 0 amide bonds. The second-order valence-corrected chi connectivity index (χ2v) is 4.46. The van der Waals surface area contributed by atoms with Crippen molar-refractivity contribution in [2.45, 2.75) is 33.1 Å². The zero-order valence-corrected chi connectivity index (χ0v) is 10.9. The second kappa shape index (κ2) is 6.93. The first-order valence-corrected chi connectivity index (χ1v) is 6.03. The molecule has 5 heteroatoms. The summed E-state index contributed by atoms with van der Waals surface area (Å²) in [6.45, 7) is 5.35. The highest BCUT2D eigenvalue weighted by Gasteiger charge is 2.07. The molecular formula is C12H22N4O. The normalized spacial score (nSPS) is 10.6. The molecule has 3 N–H and O–H groups in total. The van der Waals surface area contributed by atoms with Gasteiger partial charge in [-0.25, -0.2) is 4.98 Å². The van der Waals surface area contributed by atoms with E-state index in [9.17, 15) is 0 Å². The molecule has 0 fully saturated rings. The number of nitrogens with two attached hydrogens (primary N) is 1. The van der Waals surface area contributed by atoms with E-state index in [1.54, 1.807) is 7.11 Å². The van der Waals surface area contributed by atoms with Gasteiger partial charge in [0.1, 0.15) is 12.0 Å². The minimum Gasteiger partial charge on any atom is -0.479 e. The number of unbranched alkanes of at least 4 members (excludes halogenated alkanes) is 1. The maximum absolute atomic E-state index is 5.84. The van der Waals surface area contributed by atoms with Gasteiger partial charge in [0.25, 0.3) is 0 Å². The Morgan fingerprint density at radius 3 is 2.76 bits per heavy atom. The van der Waals surface area contributed by atoms with Crippen LogP contribution in [0.3, 0.4) is 0 Å². The highest BCUT2D eigenvalue weighted by atomic mass is 16.5. The average Bonchev–Trinajstić information content (AvgIpc) is 2.30. The molecule has 1 heterocycles. The molecule has 0 radical (unpaired) electrons. The van der Waals surface area contributed by atoms with Crippen LogP contribution in [0.15, 0.2) is 6.33 Å². The summed E-state index contributed by atoms with van der Waals surface area (Å²) in [5, 5.41) is 3.21. The van der Waals surface area contributed by atoms with Crippen molar-refractivity contribution in [2.24, 2.45) is 5.92 Å². The maximum atomic E-state index is 5.84. The van der Waals surface area contributed by atoms with Crippen LogP contribution in [-0.4, -0.2) is 23.6 Å². The number of hydrogen-bond donors (Lipinski definition) is 2. The van der Waals surface area contributed by atoms with Crippen LogP contribution in [0.25, 0.3) is 0 Å². The number of aromatic nitrogens is 2. The van der Waals surface area contributed by atoms with Crippen LogP contribution in [0.5, 0.6) is 5.88 Å². The molecule has 96 valence electrons. The summed E-state index contributed by atoms with van der Waals surface area (Å²) in [4.78, 5) is 8.02. The highest BCUT2D eigenvalue weighted by molar-refractivity contribution is 5.66. The molecule has 1 aromatic rings. The van der Waals surface area contributed by atoms with Gasteiger partial charge in [0.2, 0.25) is 5.88 Å². The number of methoxy groups -OCH3 is 1. The molecule has 0 spiro atoms. The van der Waals surface area contributed by atoms with Gasteiger partial charge in [-0.15, -0.1) is 0 Å². The Hall–Kier alpha value is -1.52. The van der Waals surface area contributed by atoms with Crippen molar-refractivity contribution in [1.29, 1.82) is 0 Å². The van der Waals surface area contributed by atoms with Gasteiger partial charge < -0.3 is 15.8 Å². The minimum absolute atomic E-state index is 0.421. The van der Waals surface area contributed by atoms with Crippen molar-refractivity contribution in [2.75, 3.05) is 24.7 Å². The fourth-order valence-corrected chi connectivity index (χ4v) is 1.57. The predicted molar refractivity (Wildman–Crippen MR) is 70.2 cm³/mol. The zero-order chi connectivity index (χ0) is 12.7. The average molecular weight is 238 g/mol. The van der Waals surface area contributed by atoms with Gasteiger partial charge in [0.05, 0.1) is 7.11 Å². The van der Waals surface area contributed by atoms with Gasteiger partial charge in [-0.2, -0.15) is 4.98 Å². The summed E-state index contributed by atoms with van der Waals surface area (Å²) in [7, 11) is 1.55. The fourth-order valence-electron chi connectivity index (χ4n) is 1.57. The maximum Gasteiger partial charge on any atom is 0.242 e.